The summed E-state index contributed by atoms with van der Waals surface area (Å²) in [6.45, 7) is 11.3. The highest BCUT2D eigenvalue weighted by Crippen LogP contribution is 2.42. The van der Waals surface area contributed by atoms with Crippen molar-refractivity contribution in [2.75, 3.05) is 0 Å². The molecule has 0 spiro atoms. The van der Waals surface area contributed by atoms with Crippen LogP contribution >= 0.6 is 0 Å². The Hall–Kier alpha value is -1.38. The summed E-state index contributed by atoms with van der Waals surface area (Å²) in [5.74, 6) is 0.356. The molecule has 0 aliphatic carbocycles. The molecule has 0 fully saturated rings. The van der Waals surface area contributed by atoms with Gasteiger partial charge < -0.3 is 4.43 Å². The second-order valence-corrected chi connectivity index (χ2v) is 11.3. The SMILES string of the molecule is CC(C)C(O[Si](C)(C)C)(c1ccccc1)c1ccccc1. The van der Waals surface area contributed by atoms with Crippen molar-refractivity contribution in [2.24, 2.45) is 5.92 Å². The predicted molar refractivity (Wildman–Crippen MR) is 92.9 cm³/mol. The standard InChI is InChI=1S/C19H26OSi/c1-16(2)19(20-21(3,4)5,17-12-8-6-9-13-17)18-14-10-7-11-15-18/h6-16H,1-5H3. The largest absolute Gasteiger partial charge is 0.404 e. The van der Waals surface area contributed by atoms with E-state index in [4.69, 9.17) is 4.43 Å². The van der Waals surface area contributed by atoms with Crippen molar-refractivity contribution >= 4 is 8.32 Å². The van der Waals surface area contributed by atoms with Crippen LogP contribution in [0.2, 0.25) is 19.6 Å². The van der Waals surface area contributed by atoms with E-state index in [1.165, 1.54) is 11.1 Å². The smallest absolute Gasteiger partial charge is 0.185 e. The van der Waals surface area contributed by atoms with Crippen LogP contribution in [0.1, 0.15) is 25.0 Å². The lowest BCUT2D eigenvalue weighted by atomic mass is 9.78. The molecular formula is C19H26OSi. The van der Waals surface area contributed by atoms with E-state index in [1.807, 2.05) is 0 Å². The van der Waals surface area contributed by atoms with Gasteiger partial charge in [0, 0.05) is 0 Å². The molecule has 0 heterocycles. The third kappa shape index (κ3) is 3.45. The summed E-state index contributed by atoms with van der Waals surface area (Å²) in [7, 11) is -1.72. The third-order valence-electron chi connectivity index (χ3n) is 3.69. The molecule has 21 heavy (non-hydrogen) atoms. The van der Waals surface area contributed by atoms with Crippen LogP contribution in [0.25, 0.3) is 0 Å². The summed E-state index contributed by atoms with van der Waals surface area (Å²) in [4.78, 5) is 0. The molecule has 0 saturated carbocycles. The maximum absolute atomic E-state index is 6.80. The number of benzene rings is 2. The lowest BCUT2D eigenvalue weighted by Crippen LogP contribution is -2.45. The summed E-state index contributed by atoms with van der Waals surface area (Å²) < 4.78 is 6.80. The maximum atomic E-state index is 6.80. The van der Waals surface area contributed by atoms with Gasteiger partial charge in [0.2, 0.25) is 0 Å². The molecule has 1 nitrogen and oxygen atoms in total. The second kappa shape index (κ2) is 6.16. The molecule has 0 aliphatic rings. The Balaban J connectivity index is 2.67. The first-order chi connectivity index (χ1) is 9.86. The molecule has 112 valence electrons. The molecule has 0 saturated heterocycles. The Morgan fingerprint density at radius 1 is 0.762 bits per heavy atom. The fraction of sp³-hybridized carbons (Fsp3) is 0.368. The highest BCUT2D eigenvalue weighted by atomic mass is 28.4. The van der Waals surface area contributed by atoms with Gasteiger partial charge in [-0.25, -0.2) is 0 Å². The van der Waals surface area contributed by atoms with E-state index < -0.39 is 8.32 Å². The van der Waals surface area contributed by atoms with E-state index >= 15 is 0 Å². The number of hydrogen-bond acceptors (Lipinski definition) is 1. The molecule has 0 amide bonds. The zero-order valence-corrected chi connectivity index (χ0v) is 14.8. The zero-order valence-electron chi connectivity index (χ0n) is 13.8. The first kappa shape index (κ1) is 16.0. The van der Waals surface area contributed by atoms with E-state index in [1.54, 1.807) is 0 Å². The minimum atomic E-state index is -1.72. The van der Waals surface area contributed by atoms with Crippen LogP contribution in [0.5, 0.6) is 0 Å². The molecule has 2 rings (SSSR count). The minimum Gasteiger partial charge on any atom is -0.404 e. The Morgan fingerprint density at radius 3 is 1.43 bits per heavy atom. The fourth-order valence-electron chi connectivity index (χ4n) is 2.92. The molecule has 0 atom stereocenters. The molecule has 0 unspecified atom stereocenters. The van der Waals surface area contributed by atoms with E-state index in [9.17, 15) is 0 Å². The molecule has 0 bridgehead atoms. The van der Waals surface area contributed by atoms with Crippen molar-refractivity contribution in [1.29, 1.82) is 0 Å². The summed E-state index contributed by atoms with van der Waals surface area (Å²) >= 11 is 0. The van der Waals surface area contributed by atoms with Gasteiger partial charge in [0.15, 0.2) is 8.32 Å². The van der Waals surface area contributed by atoms with Crippen molar-refractivity contribution < 1.29 is 4.43 Å². The first-order valence-corrected chi connectivity index (χ1v) is 11.1. The normalized spacial score (nSPS) is 12.7. The Labute approximate surface area is 130 Å². The van der Waals surface area contributed by atoms with E-state index in [-0.39, 0.29) is 5.60 Å². The lowest BCUT2D eigenvalue weighted by molar-refractivity contribution is 0.0516. The summed E-state index contributed by atoms with van der Waals surface area (Å²) in [5, 5.41) is 0. The quantitative estimate of drug-likeness (QED) is 0.668. The van der Waals surface area contributed by atoms with Gasteiger partial charge >= 0.3 is 0 Å². The van der Waals surface area contributed by atoms with Gasteiger partial charge in [-0.2, -0.15) is 0 Å². The first-order valence-electron chi connectivity index (χ1n) is 7.67. The van der Waals surface area contributed by atoms with E-state index in [2.05, 4.69) is 94.2 Å². The summed E-state index contributed by atoms with van der Waals surface area (Å²) in [6, 6.07) is 21.3. The van der Waals surface area contributed by atoms with Gasteiger partial charge in [-0.05, 0) is 36.7 Å². The molecule has 2 aromatic carbocycles. The lowest BCUT2D eigenvalue weighted by Gasteiger charge is -2.43. The summed E-state index contributed by atoms with van der Waals surface area (Å²) in [6.07, 6.45) is 0. The van der Waals surface area contributed by atoms with Crippen molar-refractivity contribution in [1.82, 2.24) is 0 Å². The second-order valence-electron chi connectivity index (χ2n) is 6.84. The molecule has 0 aliphatic heterocycles. The Morgan fingerprint density at radius 2 is 1.14 bits per heavy atom. The van der Waals surface area contributed by atoms with Crippen molar-refractivity contribution in [3.05, 3.63) is 71.8 Å². The average molecular weight is 299 g/mol. The molecule has 2 aromatic rings. The average Bonchev–Trinajstić information content (AvgIpc) is 2.45. The molecule has 0 aromatic heterocycles. The van der Waals surface area contributed by atoms with Crippen LogP contribution in [0.4, 0.5) is 0 Å². The van der Waals surface area contributed by atoms with Crippen LogP contribution in [0, 0.1) is 5.92 Å². The molecule has 2 heteroatoms. The predicted octanol–water partition coefficient (Wildman–Crippen LogP) is 5.44. The number of rotatable bonds is 5. The number of hydrogen-bond donors (Lipinski definition) is 0. The summed E-state index contributed by atoms with van der Waals surface area (Å²) in [5.41, 5.74) is 2.12. The van der Waals surface area contributed by atoms with E-state index in [0.29, 0.717) is 5.92 Å². The highest BCUT2D eigenvalue weighted by molar-refractivity contribution is 6.69. The van der Waals surface area contributed by atoms with Crippen LogP contribution in [-0.2, 0) is 10.0 Å². The topological polar surface area (TPSA) is 9.23 Å². The fourth-order valence-corrected chi connectivity index (χ4v) is 4.36. The third-order valence-corrected chi connectivity index (χ3v) is 4.62. The van der Waals surface area contributed by atoms with Crippen LogP contribution < -0.4 is 0 Å². The van der Waals surface area contributed by atoms with Gasteiger partial charge in [0.1, 0.15) is 5.60 Å². The molecule has 0 N–H and O–H groups in total. The Bertz CT molecular complexity index is 516. The van der Waals surface area contributed by atoms with Gasteiger partial charge in [0.25, 0.3) is 0 Å². The van der Waals surface area contributed by atoms with Crippen LogP contribution in [-0.4, -0.2) is 8.32 Å². The van der Waals surface area contributed by atoms with Crippen LogP contribution in [0.3, 0.4) is 0 Å². The van der Waals surface area contributed by atoms with Crippen LogP contribution in [0.15, 0.2) is 60.7 Å². The Kier molecular flexibility index (Phi) is 4.69. The van der Waals surface area contributed by atoms with Gasteiger partial charge in [-0.15, -0.1) is 0 Å². The van der Waals surface area contributed by atoms with E-state index in [0.717, 1.165) is 0 Å². The van der Waals surface area contributed by atoms with Crippen molar-refractivity contribution in [2.45, 2.75) is 39.1 Å². The molecular weight excluding hydrogens is 272 g/mol. The minimum absolute atomic E-state index is 0.356. The maximum Gasteiger partial charge on any atom is 0.185 e. The monoisotopic (exact) mass is 298 g/mol. The van der Waals surface area contributed by atoms with Crippen molar-refractivity contribution in [3.63, 3.8) is 0 Å². The van der Waals surface area contributed by atoms with Gasteiger partial charge in [-0.3, -0.25) is 0 Å². The van der Waals surface area contributed by atoms with Crippen molar-refractivity contribution in [3.8, 4) is 0 Å². The highest BCUT2D eigenvalue weighted by Gasteiger charge is 2.41. The molecule has 0 radical (unpaired) electrons. The van der Waals surface area contributed by atoms with Gasteiger partial charge in [0.05, 0.1) is 0 Å². The van der Waals surface area contributed by atoms with Gasteiger partial charge in [-0.1, -0.05) is 74.5 Å². The zero-order chi connectivity index (χ0) is 15.5.